The molecule has 2 rings (SSSR count). The van der Waals surface area contributed by atoms with Crippen LogP contribution in [0.15, 0.2) is 23.6 Å². The zero-order valence-electron chi connectivity index (χ0n) is 17.5. The molecule has 0 aliphatic heterocycles. The third-order valence-corrected chi connectivity index (χ3v) is 5.09. The number of methoxy groups -OCH3 is 2. The second kappa shape index (κ2) is 11.7. The van der Waals surface area contributed by atoms with Crippen molar-refractivity contribution in [2.45, 2.75) is 40.0 Å². The third kappa shape index (κ3) is 7.30. The van der Waals surface area contributed by atoms with Gasteiger partial charge in [-0.1, -0.05) is 19.9 Å². The topological polar surface area (TPSA) is 81.1 Å². The Bertz CT molecular complexity index is 778. The van der Waals surface area contributed by atoms with Gasteiger partial charge in [0.05, 0.1) is 26.0 Å². The molecule has 2 aromatic rings. The van der Waals surface area contributed by atoms with Gasteiger partial charge in [0, 0.05) is 32.0 Å². The molecule has 1 aromatic carbocycles. The van der Waals surface area contributed by atoms with Crippen molar-refractivity contribution in [1.29, 1.82) is 0 Å². The highest BCUT2D eigenvalue weighted by atomic mass is 32.1. The van der Waals surface area contributed by atoms with Gasteiger partial charge < -0.3 is 24.2 Å². The summed E-state index contributed by atoms with van der Waals surface area (Å²) in [6, 6.07) is 5.66. The van der Waals surface area contributed by atoms with Crippen molar-refractivity contribution in [2.75, 3.05) is 27.4 Å². The summed E-state index contributed by atoms with van der Waals surface area (Å²) in [6.45, 7) is 5.76. The molecule has 0 spiro atoms. The first-order chi connectivity index (χ1) is 14.0. The summed E-state index contributed by atoms with van der Waals surface area (Å²) in [6.07, 6.45) is 0.500. The molecule has 160 valence electrons. The lowest BCUT2D eigenvalue weighted by molar-refractivity contribution is -0.133. The Morgan fingerprint density at radius 1 is 1.28 bits per heavy atom. The van der Waals surface area contributed by atoms with Gasteiger partial charge in [0.15, 0.2) is 11.5 Å². The lowest BCUT2D eigenvalue weighted by Gasteiger charge is -2.24. The molecular weight excluding hydrogens is 392 g/mol. The summed E-state index contributed by atoms with van der Waals surface area (Å²) in [5.74, 6) is 1.61. The van der Waals surface area contributed by atoms with E-state index < -0.39 is 0 Å². The van der Waals surface area contributed by atoms with Crippen LogP contribution < -0.4 is 9.47 Å². The van der Waals surface area contributed by atoms with Crippen LogP contribution in [0, 0.1) is 5.92 Å². The number of aliphatic hydroxyl groups is 1. The highest BCUT2D eigenvalue weighted by molar-refractivity contribution is 7.09. The Morgan fingerprint density at radius 2 is 2.07 bits per heavy atom. The fraction of sp³-hybridized carbons (Fsp3) is 0.524. The van der Waals surface area contributed by atoms with Crippen molar-refractivity contribution < 1.29 is 24.1 Å². The van der Waals surface area contributed by atoms with Gasteiger partial charge in [-0.15, -0.1) is 11.3 Å². The van der Waals surface area contributed by atoms with Crippen LogP contribution in [0.3, 0.4) is 0 Å². The minimum atomic E-state index is -0.0863. The largest absolute Gasteiger partial charge is 0.493 e. The van der Waals surface area contributed by atoms with Crippen molar-refractivity contribution in [2.24, 2.45) is 5.92 Å². The number of nitrogens with zero attached hydrogens (tertiary/aromatic N) is 2. The first-order valence-electron chi connectivity index (χ1n) is 9.57. The molecule has 0 atom stereocenters. The molecule has 0 saturated carbocycles. The molecule has 8 heteroatoms. The summed E-state index contributed by atoms with van der Waals surface area (Å²) < 4.78 is 16.5. The number of ether oxygens (including phenoxy) is 3. The number of carbonyl (C=O) groups excluding carboxylic acids is 1. The first kappa shape index (κ1) is 23.1. The highest BCUT2D eigenvalue weighted by Gasteiger charge is 2.17. The predicted octanol–water partition coefficient (Wildman–Crippen LogP) is 3.24. The molecule has 1 N–H and O–H groups in total. The molecule has 1 amide bonds. The summed E-state index contributed by atoms with van der Waals surface area (Å²) in [4.78, 5) is 18.7. The number of carbonyl (C=O) groups is 1. The average molecular weight is 423 g/mol. The molecule has 0 radical (unpaired) electrons. The summed E-state index contributed by atoms with van der Waals surface area (Å²) in [5, 5.41) is 11.7. The maximum absolute atomic E-state index is 12.6. The molecule has 0 saturated heterocycles. The summed E-state index contributed by atoms with van der Waals surface area (Å²) in [5.41, 5.74) is 1.58. The van der Waals surface area contributed by atoms with Gasteiger partial charge in [-0.25, -0.2) is 4.98 Å². The number of aromatic nitrogens is 1. The number of hydrogen-bond donors (Lipinski definition) is 1. The number of aliphatic hydroxyl groups excluding tert-OH is 1. The Hall–Kier alpha value is -2.16. The van der Waals surface area contributed by atoms with E-state index in [1.807, 2.05) is 36.9 Å². The average Bonchev–Trinajstić information content (AvgIpc) is 3.17. The molecule has 0 fully saturated rings. The molecule has 0 unspecified atom stereocenters. The minimum absolute atomic E-state index is 0.0863. The molecule has 29 heavy (non-hydrogen) atoms. The molecule has 1 aromatic heterocycles. The lowest BCUT2D eigenvalue weighted by Crippen LogP contribution is -2.34. The Morgan fingerprint density at radius 3 is 2.69 bits per heavy atom. The van der Waals surface area contributed by atoms with Gasteiger partial charge in [-0.05, 0) is 23.6 Å². The number of amides is 1. The second-order valence-corrected chi connectivity index (χ2v) is 8.01. The van der Waals surface area contributed by atoms with Gasteiger partial charge >= 0.3 is 0 Å². The number of hydrogen-bond acceptors (Lipinski definition) is 7. The molecule has 7 nitrogen and oxygen atoms in total. The van der Waals surface area contributed by atoms with Crippen LogP contribution in [0.1, 0.15) is 36.5 Å². The zero-order chi connectivity index (χ0) is 21.2. The predicted molar refractivity (Wildman–Crippen MR) is 112 cm³/mol. The van der Waals surface area contributed by atoms with Crippen molar-refractivity contribution in [1.82, 2.24) is 9.88 Å². The third-order valence-electron chi connectivity index (χ3n) is 4.21. The Labute approximate surface area is 176 Å². The van der Waals surface area contributed by atoms with Crippen LogP contribution in [0.4, 0.5) is 0 Å². The van der Waals surface area contributed by atoms with Crippen LogP contribution in [0.2, 0.25) is 0 Å². The lowest BCUT2D eigenvalue weighted by atomic mass is 10.1. The molecule has 0 aliphatic rings. The van der Waals surface area contributed by atoms with Crippen molar-refractivity contribution in [3.8, 4) is 11.5 Å². The fourth-order valence-electron chi connectivity index (χ4n) is 2.75. The molecule has 1 heterocycles. The van der Waals surface area contributed by atoms with E-state index in [1.54, 1.807) is 19.6 Å². The number of rotatable bonds is 12. The van der Waals surface area contributed by atoms with Crippen LogP contribution in [0.5, 0.6) is 11.5 Å². The van der Waals surface area contributed by atoms with Gasteiger partial charge in [0.2, 0.25) is 5.91 Å². The van der Waals surface area contributed by atoms with E-state index in [0.29, 0.717) is 49.2 Å². The Kier molecular flexibility index (Phi) is 9.37. The van der Waals surface area contributed by atoms with E-state index in [2.05, 4.69) is 4.98 Å². The van der Waals surface area contributed by atoms with Crippen molar-refractivity contribution in [3.63, 3.8) is 0 Å². The normalized spacial score (nSPS) is 11.0. The second-order valence-electron chi connectivity index (χ2n) is 7.07. The van der Waals surface area contributed by atoms with Crippen molar-refractivity contribution >= 4 is 17.2 Å². The van der Waals surface area contributed by atoms with E-state index in [9.17, 15) is 4.79 Å². The van der Waals surface area contributed by atoms with Gasteiger partial charge in [-0.3, -0.25) is 4.79 Å². The van der Waals surface area contributed by atoms with E-state index in [0.717, 1.165) is 10.6 Å². The summed E-state index contributed by atoms with van der Waals surface area (Å²) >= 11 is 1.44. The Balaban J connectivity index is 2.12. The van der Waals surface area contributed by atoms with Crippen LogP contribution in [-0.2, 0) is 29.3 Å². The van der Waals surface area contributed by atoms with Gasteiger partial charge in [0.25, 0.3) is 0 Å². The zero-order valence-corrected chi connectivity index (χ0v) is 18.3. The monoisotopic (exact) mass is 422 g/mol. The number of benzene rings is 1. The van der Waals surface area contributed by atoms with Crippen LogP contribution in [0.25, 0.3) is 0 Å². The van der Waals surface area contributed by atoms with E-state index in [4.69, 9.17) is 19.3 Å². The first-order valence-corrected chi connectivity index (χ1v) is 10.4. The van der Waals surface area contributed by atoms with E-state index in [-0.39, 0.29) is 19.1 Å². The number of thiazole rings is 1. The minimum Gasteiger partial charge on any atom is -0.493 e. The highest BCUT2D eigenvalue weighted by Crippen LogP contribution is 2.30. The van der Waals surface area contributed by atoms with Crippen LogP contribution in [-0.4, -0.2) is 48.3 Å². The quantitative estimate of drug-likeness (QED) is 0.566. The van der Waals surface area contributed by atoms with E-state index >= 15 is 0 Å². The smallest absolute Gasteiger partial charge is 0.223 e. The molecule has 0 bridgehead atoms. The molecular formula is C21H30N2O5S. The fourth-order valence-corrected chi connectivity index (χ4v) is 3.45. The standard InChI is InChI=1S/C21H30N2O5S/c1-15(2)9-21(25)23(7-8-26-3)11-16-5-6-18(27-4)19(10-16)28-13-20-22-17(12-24)14-29-20/h5-6,10,14-15,24H,7-9,11-13H2,1-4H3. The molecule has 0 aliphatic carbocycles. The van der Waals surface area contributed by atoms with E-state index in [1.165, 1.54) is 11.3 Å². The van der Waals surface area contributed by atoms with Crippen LogP contribution >= 0.6 is 11.3 Å². The van der Waals surface area contributed by atoms with Crippen molar-refractivity contribution in [3.05, 3.63) is 39.8 Å². The van der Waals surface area contributed by atoms with Gasteiger partial charge in [0.1, 0.15) is 11.6 Å². The SMILES string of the molecule is COCCN(Cc1ccc(OC)c(OCc2nc(CO)cs2)c1)C(=O)CC(C)C. The maximum atomic E-state index is 12.6. The maximum Gasteiger partial charge on any atom is 0.223 e. The summed E-state index contributed by atoms with van der Waals surface area (Å²) in [7, 11) is 3.22. The van der Waals surface area contributed by atoms with Gasteiger partial charge in [-0.2, -0.15) is 0 Å².